The highest BCUT2D eigenvalue weighted by atomic mass is 35.5. The molecule has 1 N–H and O–H groups in total. The molecule has 2 aliphatic heterocycles. The Hall–Kier alpha value is -0.400. The molecular formula is C16H27Cl2N3O2S. The zero-order chi connectivity index (χ0) is 15.7. The van der Waals surface area contributed by atoms with Gasteiger partial charge < -0.3 is 15.0 Å². The Labute approximate surface area is 160 Å². The second-order valence-corrected chi connectivity index (χ2v) is 7.40. The Kier molecular flexibility index (Phi) is 8.42. The number of piperidine rings is 1. The predicted octanol–water partition coefficient (Wildman–Crippen LogP) is 3.44. The summed E-state index contributed by atoms with van der Waals surface area (Å²) in [5, 5.41) is 4.50. The molecule has 2 fully saturated rings. The van der Waals surface area contributed by atoms with Crippen LogP contribution >= 0.6 is 36.2 Å². The molecule has 5 nitrogen and oxygen atoms in total. The molecule has 0 aliphatic carbocycles. The summed E-state index contributed by atoms with van der Waals surface area (Å²) in [6, 6.07) is 1.53. The third-order valence-electron chi connectivity index (χ3n) is 4.82. The average molecular weight is 396 g/mol. The number of halogens is 2. The van der Waals surface area contributed by atoms with E-state index in [1.807, 2.05) is 25.8 Å². The van der Waals surface area contributed by atoms with Crippen LogP contribution in [-0.2, 0) is 4.74 Å². The van der Waals surface area contributed by atoms with E-state index in [-0.39, 0.29) is 36.8 Å². The minimum Gasteiger partial charge on any atom is -0.372 e. The number of nitrogens with zero attached hydrogens (tertiary/aromatic N) is 2. The molecule has 3 unspecified atom stereocenters. The highest BCUT2D eigenvalue weighted by Crippen LogP contribution is 2.31. The van der Waals surface area contributed by atoms with Gasteiger partial charge in [0.25, 0.3) is 5.91 Å². The van der Waals surface area contributed by atoms with Gasteiger partial charge in [0.2, 0.25) is 0 Å². The number of fused-ring (bicyclic) bond motifs is 2. The molecule has 3 rings (SSSR count). The van der Waals surface area contributed by atoms with Crippen LogP contribution in [0, 0.1) is 0 Å². The molecular weight excluding hydrogens is 369 g/mol. The topological polar surface area (TPSA) is 54.5 Å². The molecule has 0 spiro atoms. The van der Waals surface area contributed by atoms with E-state index >= 15 is 0 Å². The van der Waals surface area contributed by atoms with Gasteiger partial charge in [-0.15, -0.1) is 36.2 Å². The van der Waals surface area contributed by atoms with Crippen molar-refractivity contribution >= 4 is 42.1 Å². The van der Waals surface area contributed by atoms with E-state index in [1.165, 1.54) is 24.2 Å². The third-order valence-corrected chi connectivity index (χ3v) is 5.96. The van der Waals surface area contributed by atoms with Crippen molar-refractivity contribution in [1.29, 1.82) is 0 Å². The molecule has 0 aromatic carbocycles. The molecule has 1 aromatic heterocycles. The van der Waals surface area contributed by atoms with Crippen molar-refractivity contribution < 1.29 is 9.53 Å². The maximum atomic E-state index is 12.7. The van der Waals surface area contributed by atoms with Gasteiger partial charge in [0, 0.05) is 31.8 Å². The first-order chi connectivity index (χ1) is 10.6. The Morgan fingerprint density at radius 2 is 2.04 bits per heavy atom. The van der Waals surface area contributed by atoms with Crippen molar-refractivity contribution in [1.82, 2.24) is 15.2 Å². The fraction of sp³-hybridized carbons (Fsp3) is 0.750. The van der Waals surface area contributed by atoms with Gasteiger partial charge >= 0.3 is 0 Å². The molecule has 8 heteroatoms. The SMILES string of the molecule is CCOC(C)c1ncc(C(=O)N(C)C2CC3CCC(C2)N3)s1.Cl.Cl. The number of carbonyl (C=O) groups is 1. The van der Waals surface area contributed by atoms with Gasteiger partial charge in [0.1, 0.15) is 16.0 Å². The van der Waals surface area contributed by atoms with Crippen molar-refractivity contribution in [2.45, 2.75) is 63.8 Å². The van der Waals surface area contributed by atoms with E-state index in [0.29, 0.717) is 24.7 Å². The fourth-order valence-electron chi connectivity index (χ4n) is 3.58. The van der Waals surface area contributed by atoms with E-state index in [0.717, 1.165) is 22.7 Å². The van der Waals surface area contributed by atoms with Crippen molar-refractivity contribution in [3.63, 3.8) is 0 Å². The maximum absolute atomic E-state index is 12.7. The number of ether oxygens (including phenoxy) is 1. The van der Waals surface area contributed by atoms with Crippen LogP contribution in [0.4, 0.5) is 0 Å². The van der Waals surface area contributed by atoms with Crippen LogP contribution in [0.2, 0.25) is 0 Å². The van der Waals surface area contributed by atoms with Crippen LogP contribution in [0.3, 0.4) is 0 Å². The Morgan fingerprint density at radius 1 is 1.42 bits per heavy atom. The summed E-state index contributed by atoms with van der Waals surface area (Å²) >= 11 is 1.46. The zero-order valence-corrected chi connectivity index (χ0v) is 16.8. The molecule has 2 aliphatic rings. The summed E-state index contributed by atoms with van der Waals surface area (Å²) in [6.07, 6.45) is 6.29. The van der Waals surface area contributed by atoms with Crippen LogP contribution in [0.15, 0.2) is 6.20 Å². The predicted molar refractivity (Wildman–Crippen MR) is 102 cm³/mol. The first kappa shape index (κ1) is 21.6. The fourth-order valence-corrected chi connectivity index (χ4v) is 4.48. The number of hydrogen-bond donors (Lipinski definition) is 1. The minimum absolute atomic E-state index is 0. The van der Waals surface area contributed by atoms with Crippen LogP contribution in [-0.4, -0.2) is 47.6 Å². The van der Waals surface area contributed by atoms with Crippen LogP contribution in [0.25, 0.3) is 0 Å². The number of carbonyl (C=O) groups excluding carboxylic acids is 1. The van der Waals surface area contributed by atoms with E-state index in [2.05, 4.69) is 10.3 Å². The molecule has 1 aromatic rings. The molecule has 1 amide bonds. The Balaban J connectivity index is 0.00000144. The normalized spacial score (nSPS) is 26.2. The second-order valence-electron chi connectivity index (χ2n) is 6.34. The lowest BCUT2D eigenvalue weighted by molar-refractivity contribution is 0.0686. The summed E-state index contributed by atoms with van der Waals surface area (Å²) < 4.78 is 5.55. The largest absolute Gasteiger partial charge is 0.372 e. The molecule has 3 heterocycles. The number of thiazole rings is 1. The van der Waals surface area contributed by atoms with Gasteiger partial charge in [0.05, 0.1) is 6.20 Å². The smallest absolute Gasteiger partial charge is 0.265 e. The summed E-state index contributed by atoms with van der Waals surface area (Å²) in [4.78, 5) is 19.7. The number of rotatable bonds is 5. The summed E-state index contributed by atoms with van der Waals surface area (Å²) in [7, 11) is 1.93. The van der Waals surface area contributed by atoms with Gasteiger partial charge in [-0.05, 0) is 39.5 Å². The highest BCUT2D eigenvalue weighted by Gasteiger charge is 2.36. The van der Waals surface area contributed by atoms with Crippen LogP contribution in [0.5, 0.6) is 0 Å². The van der Waals surface area contributed by atoms with Gasteiger partial charge in [-0.25, -0.2) is 4.98 Å². The van der Waals surface area contributed by atoms with Crippen LogP contribution < -0.4 is 5.32 Å². The summed E-state index contributed by atoms with van der Waals surface area (Å²) in [5.74, 6) is 0.0961. The standard InChI is InChI=1S/C16H25N3O2S.2ClH/c1-4-21-10(2)15-17-9-14(22-15)16(20)19(3)13-7-11-5-6-12(8-13)18-11;;/h9-13,18H,4-8H2,1-3H3;2*1H. The van der Waals surface area contributed by atoms with Gasteiger partial charge in [0.15, 0.2) is 0 Å². The minimum atomic E-state index is -0.0448. The Morgan fingerprint density at radius 3 is 2.62 bits per heavy atom. The van der Waals surface area contributed by atoms with Gasteiger partial charge in [-0.1, -0.05) is 0 Å². The van der Waals surface area contributed by atoms with Crippen LogP contribution in [0.1, 0.15) is 60.3 Å². The first-order valence-electron chi connectivity index (χ1n) is 8.19. The lowest BCUT2D eigenvalue weighted by Crippen LogP contribution is -2.48. The van der Waals surface area contributed by atoms with Gasteiger partial charge in [-0.2, -0.15) is 0 Å². The van der Waals surface area contributed by atoms with Crippen molar-refractivity contribution in [3.8, 4) is 0 Å². The average Bonchev–Trinajstić information content (AvgIpc) is 3.13. The number of hydrogen-bond acceptors (Lipinski definition) is 5. The van der Waals surface area contributed by atoms with Crippen molar-refractivity contribution in [2.75, 3.05) is 13.7 Å². The van der Waals surface area contributed by atoms with Gasteiger partial charge in [-0.3, -0.25) is 4.79 Å². The third kappa shape index (κ3) is 4.61. The van der Waals surface area contributed by atoms with E-state index in [9.17, 15) is 4.79 Å². The molecule has 2 saturated heterocycles. The molecule has 138 valence electrons. The lowest BCUT2D eigenvalue weighted by Gasteiger charge is -2.35. The number of nitrogens with one attached hydrogen (secondary N) is 1. The molecule has 2 bridgehead atoms. The molecule has 24 heavy (non-hydrogen) atoms. The maximum Gasteiger partial charge on any atom is 0.265 e. The molecule has 3 atom stereocenters. The highest BCUT2D eigenvalue weighted by molar-refractivity contribution is 7.13. The monoisotopic (exact) mass is 395 g/mol. The second kappa shape index (κ2) is 9.34. The quantitative estimate of drug-likeness (QED) is 0.829. The lowest BCUT2D eigenvalue weighted by atomic mass is 9.98. The van der Waals surface area contributed by atoms with E-state index < -0.39 is 0 Å². The number of amides is 1. The van der Waals surface area contributed by atoms with E-state index in [4.69, 9.17) is 4.74 Å². The van der Waals surface area contributed by atoms with Crippen molar-refractivity contribution in [3.05, 3.63) is 16.1 Å². The first-order valence-corrected chi connectivity index (χ1v) is 9.00. The number of aromatic nitrogens is 1. The van der Waals surface area contributed by atoms with Crippen molar-refractivity contribution in [2.24, 2.45) is 0 Å². The Bertz CT molecular complexity index is 531. The summed E-state index contributed by atoms with van der Waals surface area (Å²) in [5.41, 5.74) is 0. The molecule has 0 radical (unpaired) electrons. The van der Waals surface area contributed by atoms with E-state index in [1.54, 1.807) is 6.20 Å². The zero-order valence-electron chi connectivity index (χ0n) is 14.4. The summed E-state index contributed by atoms with van der Waals surface area (Å²) in [6.45, 7) is 4.60. The molecule has 0 saturated carbocycles.